The number of hydrogen-bond donors (Lipinski definition) is 2. The lowest BCUT2D eigenvalue weighted by Gasteiger charge is -2.27. The van der Waals surface area contributed by atoms with Gasteiger partial charge in [-0.3, -0.25) is 0 Å². The maximum Gasteiger partial charge on any atom is 0.0543 e. The molecule has 1 aromatic heterocycles. The minimum atomic E-state index is -0.0608. The summed E-state index contributed by atoms with van der Waals surface area (Å²) in [6.07, 6.45) is 4.36. The monoisotopic (exact) mass is 253 g/mol. The maximum absolute atomic E-state index is 9.65. The molecule has 2 N–H and O–H groups in total. The minimum Gasteiger partial charge on any atom is -0.393 e. The highest BCUT2D eigenvalue weighted by Gasteiger charge is 2.20. The van der Waals surface area contributed by atoms with Crippen molar-refractivity contribution < 1.29 is 5.11 Å². The molecule has 1 heterocycles. The van der Waals surface area contributed by atoms with Crippen LogP contribution < -0.4 is 5.32 Å². The summed E-state index contributed by atoms with van der Waals surface area (Å²) in [6.45, 7) is 5.45. The number of rotatable bonds is 4. The SMILES string of the molecule is Cc1ccsc1C(C)NCC1CCCC(O)C1. The molecule has 0 aliphatic heterocycles. The van der Waals surface area contributed by atoms with Gasteiger partial charge in [-0.05, 0) is 62.6 Å². The summed E-state index contributed by atoms with van der Waals surface area (Å²) in [5, 5.41) is 15.4. The summed E-state index contributed by atoms with van der Waals surface area (Å²) in [5.74, 6) is 0.654. The predicted octanol–water partition coefficient (Wildman–Crippen LogP) is 3.26. The molecule has 3 unspecified atom stereocenters. The number of aliphatic hydroxyl groups is 1. The molecular weight excluding hydrogens is 230 g/mol. The first-order chi connectivity index (χ1) is 8.16. The average molecular weight is 253 g/mol. The average Bonchev–Trinajstić information content (AvgIpc) is 2.72. The Balaban J connectivity index is 1.80. The second kappa shape index (κ2) is 5.98. The topological polar surface area (TPSA) is 32.3 Å². The van der Waals surface area contributed by atoms with Gasteiger partial charge in [0.1, 0.15) is 0 Å². The Kier molecular flexibility index (Phi) is 4.60. The van der Waals surface area contributed by atoms with E-state index in [1.807, 2.05) is 11.3 Å². The zero-order valence-corrected chi connectivity index (χ0v) is 11.6. The molecule has 17 heavy (non-hydrogen) atoms. The molecule has 1 aliphatic rings. The molecule has 1 fully saturated rings. The first-order valence-corrected chi connectivity index (χ1v) is 7.50. The standard InChI is InChI=1S/C14H23NOS/c1-10-6-7-17-14(10)11(2)15-9-12-4-3-5-13(16)8-12/h6-7,11-13,15-16H,3-5,8-9H2,1-2H3. The van der Waals surface area contributed by atoms with Gasteiger partial charge in [-0.1, -0.05) is 6.42 Å². The minimum absolute atomic E-state index is 0.0608. The molecule has 3 atom stereocenters. The van der Waals surface area contributed by atoms with Crippen molar-refractivity contribution in [3.8, 4) is 0 Å². The van der Waals surface area contributed by atoms with Crippen molar-refractivity contribution in [1.29, 1.82) is 0 Å². The molecule has 1 aliphatic carbocycles. The Morgan fingerprint density at radius 3 is 3.00 bits per heavy atom. The van der Waals surface area contributed by atoms with Gasteiger partial charge in [-0.15, -0.1) is 11.3 Å². The fourth-order valence-electron chi connectivity index (χ4n) is 2.71. The lowest BCUT2D eigenvalue weighted by atomic mass is 9.87. The van der Waals surface area contributed by atoms with Crippen LogP contribution in [0.1, 0.15) is 49.1 Å². The first kappa shape index (κ1) is 13.1. The molecule has 1 saturated carbocycles. The van der Waals surface area contributed by atoms with Crippen molar-refractivity contribution in [2.75, 3.05) is 6.54 Å². The van der Waals surface area contributed by atoms with E-state index in [9.17, 15) is 5.11 Å². The van der Waals surface area contributed by atoms with Crippen LogP contribution in [0.15, 0.2) is 11.4 Å². The fourth-order valence-corrected chi connectivity index (χ4v) is 3.67. The summed E-state index contributed by atoms with van der Waals surface area (Å²) in [6, 6.07) is 2.62. The summed E-state index contributed by atoms with van der Waals surface area (Å²) < 4.78 is 0. The summed E-state index contributed by atoms with van der Waals surface area (Å²) in [7, 11) is 0. The van der Waals surface area contributed by atoms with Crippen LogP contribution in [-0.4, -0.2) is 17.8 Å². The van der Waals surface area contributed by atoms with Crippen molar-refractivity contribution in [3.05, 3.63) is 21.9 Å². The van der Waals surface area contributed by atoms with Crippen LogP contribution >= 0.6 is 11.3 Å². The summed E-state index contributed by atoms with van der Waals surface area (Å²) in [4.78, 5) is 1.45. The fraction of sp³-hybridized carbons (Fsp3) is 0.714. The Hall–Kier alpha value is -0.380. The van der Waals surface area contributed by atoms with Gasteiger partial charge in [0.15, 0.2) is 0 Å². The largest absolute Gasteiger partial charge is 0.393 e. The maximum atomic E-state index is 9.65. The van der Waals surface area contributed by atoms with E-state index in [0.717, 1.165) is 19.4 Å². The molecule has 96 valence electrons. The van der Waals surface area contributed by atoms with Crippen molar-refractivity contribution in [3.63, 3.8) is 0 Å². The Morgan fingerprint density at radius 1 is 1.53 bits per heavy atom. The summed E-state index contributed by atoms with van der Waals surface area (Å²) >= 11 is 1.83. The van der Waals surface area contributed by atoms with Crippen molar-refractivity contribution >= 4 is 11.3 Å². The van der Waals surface area contributed by atoms with Gasteiger partial charge in [-0.2, -0.15) is 0 Å². The molecular formula is C14H23NOS. The normalized spacial score (nSPS) is 27.0. The van der Waals surface area contributed by atoms with Gasteiger partial charge < -0.3 is 10.4 Å². The van der Waals surface area contributed by atoms with E-state index in [1.165, 1.54) is 23.3 Å². The number of nitrogens with one attached hydrogen (secondary N) is 1. The van der Waals surface area contributed by atoms with Gasteiger partial charge in [0, 0.05) is 10.9 Å². The van der Waals surface area contributed by atoms with Crippen LogP contribution in [0.25, 0.3) is 0 Å². The highest BCUT2D eigenvalue weighted by Crippen LogP contribution is 2.26. The summed E-state index contributed by atoms with van der Waals surface area (Å²) in [5.41, 5.74) is 1.39. The van der Waals surface area contributed by atoms with E-state index >= 15 is 0 Å². The third-order valence-electron chi connectivity index (χ3n) is 3.76. The van der Waals surface area contributed by atoms with Crippen molar-refractivity contribution in [2.24, 2.45) is 5.92 Å². The Labute approximate surface area is 108 Å². The zero-order chi connectivity index (χ0) is 12.3. The molecule has 0 spiro atoms. The van der Waals surface area contributed by atoms with Crippen LogP contribution in [0, 0.1) is 12.8 Å². The number of aryl methyl sites for hydroxylation is 1. The van der Waals surface area contributed by atoms with E-state index in [0.29, 0.717) is 12.0 Å². The van der Waals surface area contributed by atoms with Crippen LogP contribution in [0.5, 0.6) is 0 Å². The Morgan fingerprint density at radius 2 is 2.35 bits per heavy atom. The van der Waals surface area contributed by atoms with Crippen LogP contribution in [0.4, 0.5) is 0 Å². The molecule has 0 saturated heterocycles. The lowest BCUT2D eigenvalue weighted by molar-refractivity contribution is 0.0998. The first-order valence-electron chi connectivity index (χ1n) is 6.62. The third-order valence-corrected chi connectivity index (χ3v) is 4.96. The lowest BCUT2D eigenvalue weighted by Crippen LogP contribution is -2.30. The van der Waals surface area contributed by atoms with Crippen LogP contribution in [-0.2, 0) is 0 Å². The number of thiophene rings is 1. The van der Waals surface area contributed by atoms with E-state index in [1.54, 1.807) is 0 Å². The van der Waals surface area contributed by atoms with E-state index in [-0.39, 0.29) is 6.10 Å². The van der Waals surface area contributed by atoms with Gasteiger partial charge in [0.05, 0.1) is 6.10 Å². The molecule has 3 heteroatoms. The smallest absolute Gasteiger partial charge is 0.0543 e. The Bertz CT molecular complexity index is 350. The van der Waals surface area contributed by atoms with E-state index in [4.69, 9.17) is 0 Å². The van der Waals surface area contributed by atoms with E-state index < -0.39 is 0 Å². The van der Waals surface area contributed by atoms with Gasteiger partial charge >= 0.3 is 0 Å². The number of aliphatic hydroxyl groups excluding tert-OH is 1. The highest BCUT2D eigenvalue weighted by atomic mass is 32.1. The third kappa shape index (κ3) is 3.54. The molecule has 0 aromatic carbocycles. The number of hydrogen-bond acceptors (Lipinski definition) is 3. The van der Waals surface area contributed by atoms with E-state index in [2.05, 4.69) is 30.6 Å². The van der Waals surface area contributed by atoms with Crippen LogP contribution in [0.3, 0.4) is 0 Å². The second-order valence-corrected chi connectivity index (χ2v) is 6.23. The second-order valence-electron chi connectivity index (χ2n) is 5.28. The highest BCUT2D eigenvalue weighted by molar-refractivity contribution is 7.10. The van der Waals surface area contributed by atoms with Crippen molar-refractivity contribution in [1.82, 2.24) is 5.32 Å². The van der Waals surface area contributed by atoms with Gasteiger partial charge in [-0.25, -0.2) is 0 Å². The van der Waals surface area contributed by atoms with Crippen molar-refractivity contribution in [2.45, 2.75) is 51.7 Å². The van der Waals surface area contributed by atoms with Gasteiger partial charge in [0.25, 0.3) is 0 Å². The predicted molar refractivity (Wildman–Crippen MR) is 73.4 cm³/mol. The molecule has 1 aromatic rings. The van der Waals surface area contributed by atoms with Gasteiger partial charge in [0.2, 0.25) is 0 Å². The quantitative estimate of drug-likeness (QED) is 0.863. The molecule has 0 amide bonds. The molecule has 2 rings (SSSR count). The molecule has 2 nitrogen and oxygen atoms in total. The van der Waals surface area contributed by atoms with Crippen LogP contribution in [0.2, 0.25) is 0 Å². The molecule has 0 bridgehead atoms. The molecule has 0 radical (unpaired) electrons. The zero-order valence-electron chi connectivity index (χ0n) is 10.8.